The molecule has 0 unspecified atom stereocenters. The zero-order valence-electron chi connectivity index (χ0n) is 16.4. The molecule has 0 spiro atoms. The van der Waals surface area contributed by atoms with E-state index in [0.29, 0.717) is 5.92 Å². The van der Waals surface area contributed by atoms with Crippen molar-refractivity contribution in [1.82, 2.24) is 10.2 Å². The summed E-state index contributed by atoms with van der Waals surface area (Å²) >= 11 is 0. The Hall–Kier alpha value is -1.91. The van der Waals surface area contributed by atoms with Gasteiger partial charge < -0.3 is 20.0 Å². The van der Waals surface area contributed by atoms with Crippen molar-refractivity contribution < 1.29 is 4.79 Å². The van der Waals surface area contributed by atoms with E-state index in [9.17, 15) is 4.79 Å². The maximum atomic E-state index is 12.2. The third kappa shape index (κ3) is 5.05. The lowest BCUT2D eigenvalue weighted by atomic mass is 10.1. The molecule has 0 aliphatic carbocycles. The molecule has 2 aliphatic rings. The number of anilines is 2. The van der Waals surface area contributed by atoms with Gasteiger partial charge in [0.25, 0.3) is 0 Å². The molecule has 0 aromatic heterocycles. The van der Waals surface area contributed by atoms with Crippen molar-refractivity contribution in [3.05, 3.63) is 24.3 Å². The molecule has 2 heterocycles. The average Bonchev–Trinajstić information content (AvgIpc) is 2.68. The second-order valence-electron chi connectivity index (χ2n) is 7.95. The minimum atomic E-state index is 0.0887. The summed E-state index contributed by atoms with van der Waals surface area (Å²) in [6.07, 6.45) is 5.02. The van der Waals surface area contributed by atoms with Gasteiger partial charge in [-0.15, -0.1) is 0 Å². The van der Waals surface area contributed by atoms with Gasteiger partial charge in [-0.1, -0.05) is 13.8 Å². The fraction of sp³-hybridized carbons (Fsp3) is 0.667. The SMILES string of the molecule is CC(C)CCNC(=O)N1CCN(c2ccc(N3CCCCC3)cc2)CC1. The summed E-state index contributed by atoms with van der Waals surface area (Å²) in [6.45, 7) is 10.9. The second-order valence-corrected chi connectivity index (χ2v) is 7.95. The first-order valence-electron chi connectivity index (χ1n) is 10.3. The molecule has 2 fully saturated rings. The van der Waals surface area contributed by atoms with Crippen LogP contribution in [0.1, 0.15) is 39.5 Å². The van der Waals surface area contributed by atoms with Crippen molar-refractivity contribution in [2.75, 3.05) is 55.6 Å². The van der Waals surface area contributed by atoms with Crippen LogP contribution >= 0.6 is 0 Å². The summed E-state index contributed by atoms with van der Waals surface area (Å²) in [5.41, 5.74) is 2.61. The molecule has 5 heteroatoms. The number of nitrogens with one attached hydrogen (secondary N) is 1. The highest BCUT2D eigenvalue weighted by molar-refractivity contribution is 5.74. The van der Waals surface area contributed by atoms with Crippen LogP contribution in [0.3, 0.4) is 0 Å². The molecule has 2 saturated heterocycles. The number of piperidine rings is 1. The van der Waals surface area contributed by atoms with E-state index in [0.717, 1.165) is 39.1 Å². The van der Waals surface area contributed by atoms with E-state index in [4.69, 9.17) is 0 Å². The van der Waals surface area contributed by atoms with Gasteiger partial charge in [-0.2, -0.15) is 0 Å². The van der Waals surface area contributed by atoms with Gasteiger partial charge >= 0.3 is 6.03 Å². The number of benzene rings is 1. The highest BCUT2D eigenvalue weighted by atomic mass is 16.2. The second kappa shape index (κ2) is 9.15. The molecule has 144 valence electrons. The Bertz CT molecular complexity index is 558. The quantitative estimate of drug-likeness (QED) is 0.875. The van der Waals surface area contributed by atoms with Crippen LogP contribution in [0, 0.1) is 5.92 Å². The summed E-state index contributed by atoms with van der Waals surface area (Å²) in [5, 5.41) is 3.05. The van der Waals surface area contributed by atoms with E-state index in [2.05, 4.69) is 53.2 Å². The number of hydrogen-bond donors (Lipinski definition) is 1. The van der Waals surface area contributed by atoms with Crippen LogP contribution in [0.25, 0.3) is 0 Å². The Balaban J connectivity index is 1.46. The summed E-state index contributed by atoms with van der Waals surface area (Å²) in [6, 6.07) is 9.08. The Morgan fingerprint density at radius 3 is 1.96 bits per heavy atom. The van der Waals surface area contributed by atoms with E-state index in [-0.39, 0.29) is 6.03 Å². The maximum absolute atomic E-state index is 12.2. The molecule has 2 amide bonds. The molecule has 0 atom stereocenters. The molecular weight excluding hydrogens is 324 g/mol. The molecule has 1 aromatic carbocycles. The highest BCUT2D eigenvalue weighted by Crippen LogP contribution is 2.24. The van der Waals surface area contributed by atoms with Crippen LogP contribution in [0.15, 0.2) is 24.3 Å². The van der Waals surface area contributed by atoms with Gasteiger partial charge in [0.2, 0.25) is 0 Å². The zero-order chi connectivity index (χ0) is 18.4. The van der Waals surface area contributed by atoms with E-state index in [1.807, 2.05) is 4.90 Å². The van der Waals surface area contributed by atoms with Crippen molar-refractivity contribution in [3.63, 3.8) is 0 Å². The van der Waals surface area contributed by atoms with E-state index in [1.165, 1.54) is 43.7 Å². The van der Waals surface area contributed by atoms with E-state index < -0.39 is 0 Å². The smallest absolute Gasteiger partial charge is 0.317 e. The number of hydrogen-bond acceptors (Lipinski definition) is 3. The first-order valence-corrected chi connectivity index (χ1v) is 10.3. The van der Waals surface area contributed by atoms with Crippen LogP contribution in [0.2, 0.25) is 0 Å². The van der Waals surface area contributed by atoms with Gasteiger partial charge in [0, 0.05) is 57.2 Å². The Labute approximate surface area is 158 Å². The van der Waals surface area contributed by atoms with Crippen molar-refractivity contribution in [2.45, 2.75) is 39.5 Å². The van der Waals surface area contributed by atoms with Gasteiger partial charge in [0.1, 0.15) is 0 Å². The lowest BCUT2D eigenvalue weighted by Gasteiger charge is -2.36. The van der Waals surface area contributed by atoms with Crippen molar-refractivity contribution >= 4 is 17.4 Å². The van der Waals surface area contributed by atoms with Crippen molar-refractivity contribution in [1.29, 1.82) is 0 Å². The number of rotatable bonds is 5. The first kappa shape index (κ1) is 18.9. The van der Waals surface area contributed by atoms with Gasteiger partial charge in [0.15, 0.2) is 0 Å². The monoisotopic (exact) mass is 358 g/mol. The standard InChI is InChI=1S/C21H34N4O/c1-18(2)10-11-22-21(26)25-16-14-24(15-17-25)20-8-6-19(7-9-20)23-12-4-3-5-13-23/h6-9,18H,3-5,10-17H2,1-2H3,(H,22,26). The Kier molecular flexibility index (Phi) is 6.64. The molecule has 0 radical (unpaired) electrons. The van der Waals surface area contributed by atoms with Crippen LogP contribution in [0.5, 0.6) is 0 Å². The number of carbonyl (C=O) groups is 1. The van der Waals surface area contributed by atoms with Crippen LogP contribution in [-0.4, -0.2) is 56.7 Å². The molecule has 3 rings (SSSR count). The zero-order valence-corrected chi connectivity index (χ0v) is 16.4. The summed E-state index contributed by atoms with van der Waals surface area (Å²) in [7, 11) is 0. The number of carbonyl (C=O) groups excluding carboxylic acids is 1. The molecule has 0 bridgehead atoms. The maximum Gasteiger partial charge on any atom is 0.317 e. The van der Waals surface area contributed by atoms with Crippen molar-refractivity contribution in [2.24, 2.45) is 5.92 Å². The highest BCUT2D eigenvalue weighted by Gasteiger charge is 2.21. The third-order valence-electron chi connectivity index (χ3n) is 5.50. The normalized spacial score (nSPS) is 18.3. The van der Waals surface area contributed by atoms with Gasteiger partial charge in [-0.3, -0.25) is 0 Å². The lowest BCUT2D eigenvalue weighted by Crippen LogP contribution is -2.52. The summed E-state index contributed by atoms with van der Waals surface area (Å²) in [4.78, 5) is 19.1. The minimum absolute atomic E-state index is 0.0887. The Morgan fingerprint density at radius 1 is 0.885 bits per heavy atom. The molecule has 0 saturated carbocycles. The van der Waals surface area contributed by atoms with Crippen LogP contribution in [-0.2, 0) is 0 Å². The van der Waals surface area contributed by atoms with E-state index >= 15 is 0 Å². The number of piperazine rings is 1. The topological polar surface area (TPSA) is 38.8 Å². The molecule has 1 aromatic rings. The van der Waals surface area contributed by atoms with Crippen LogP contribution < -0.4 is 15.1 Å². The molecule has 5 nitrogen and oxygen atoms in total. The predicted octanol–water partition coefficient (Wildman–Crippen LogP) is 3.55. The third-order valence-corrected chi connectivity index (χ3v) is 5.50. The van der Waals surface area contributed by atoms with Gasteiger partial charge in [-0.25, -0.2) is 4.79 Å². The largest absolute Gasteiger partial charge is 0.372 e. The first-order chi connectivity index (χ1) is 12.6. The molecule has 1 N–H and O–H groups in total. The Morgan fingerprint density at radius 2 is 1.42 bits per heavy atom. The molecule has 26 heavy (non-hydrogen) atoms. The van der Waals surface area contributed by atoms with Crippen LogP contribution in [0.4, 0.5) is 16.2 Å². The summed E-state index contributed by atoms with van der Waals surface area (Å²) in [5.74, 6) is 0.625. The van der Waals surface area contributed by atoms with Gasteiger partial charge in [-0.05, 0) is 55.9 Å². The number of amides is 2. The molecule has 2 aliphatic heterocycles. The number of nitrogens with zero attached hydrogens (tertiary/aromatic N) is 3. The fourth-order valence-electron chi connectivity index (χ4n) is 3.77. The van der Waals surface area contributed by atoms with Gasteiger partial charge in [0.05, 0.1) is 0 Å². The fourth-order valence-corrected chi connectivity index (χ4v) is 3.77. The van der Waals surface area contributed by atoms with Crippen molar-refractivity contribution in [3.8, 4) is 0 Å². The minimum Gasteiger partial charge on any atom is -0.372 e. The average molecular weight is 359 g/mol. The van der Waals surface area contributed by atoms with E-state index in [1.54, 1.807) is 0 Å². The lowest BCUT2D eigenvalue weighted by molar-refractivity contribution is 0.194. The number of urea groups is 1. The molecular formula is C21H34N4O. The predicted molar refractivity (Wildman–Crippen MR) is 109 cm³/mol. The summed E-state index contributed by atoms with van der Waals surface area (Å²) < 4.78 is 0.